The average Bonchev–Trinajstić information content (AvgIpc) is 3.03. The maximum absolute atomic E-state index is 12.0. The minimum Gasteiger partial charge on any atom is -0.479 e. The van der Waals surface area contributed by atoms with Crippen LogP contribution in [0.2, 0.25) is 0 Å². The van der Waals surface area contributed by atoms with Gasteiger partial charge in [-0.1, -0.05) is 24.6 Å². The molecule has 3 rings (SSSR count). The number of nitrogens with two attached hydrogens (primary N) is 2. The van der Waals surface area contributed by atoms with Gasteiger partial charge in [-0.25, -0.2) is 0 Å². The molecule has 0 radical (unpaired) electrons. The number of methoxy groups -OCH3 is 1. The second kappa shape index (κ2) is 7.81. The maximum Gasteiger partial charge on any atom is 0.248 e. The Balaban J connectivity index is 1.95. The van der Waals surface area contributed by atoms with Gasteiger partial charge in [-0.15, -0.1) is 0 Å². The number of carbonyl (C=O) groups excluding carboxylic acids is 1. The zero-order valence-corrected chi connectivity index (χ0v) is 15.3. The summed E-state index contributed by atoms with van der Waals surface area (Å²) in [6.45, 7) is 2.50. The highest BCUT2D eigenvalue weighted by molar-refractivity contribution is 5.94. The number of ether oxygens (including phenoxy) is 3. The van der Waals surface area contributed by atoms with Crippen LogP contribution in [0.4, 0.5) is 5.82 Å². The number of anilines is 1. The first kappa shape index (κ1) is 18.9. The molecule has 8 nitrogen and oxygen atoms in total. The Labute approximate surface area is 156 Å². The number of fused-ring (bicyclic) bond motifs is 1. The highest BCUT2D eigenvalue weighted by Crippen LogP contribution is 2.34. The Bertz CT molecular complexity index is 889. The second-order valence-corrected chi connectivity index (χ2v) is 6.20. The Hall–Kier alpha value is -2.84. The van der Waals surface area contributed by atoms with Crippen molar-refractivity contribution >= 4 is 22.7 Å². The number of nitrogens with zero attached hydrogens (tertiary/aromatic N) is 1. The number of aromatic nitrogens is 1. The Morgan fingerprint density at radius 2 is 2.22 bits per heavy atom. The van der Waals surface area contributed by atoms with Crippen LogP contribution in [0.1, 0.15) is 19.8 Å². The molecule has 1 heterocycles. The van der Waals surface area contributed by atoms with Gasteiger partial charge < -0.3 is 30.2 Å². The molecule has 27 heavy (non-hydrogen) atoms. The van der Waals surface area contributed by atoms with E-state index in [4.69, 9.17) is 30.2 Å². The third kappa shape index (κ3) is 3.67. The quantitative estimate of drug-likeness (QED) is 0.537. The highest BCUT2D eigenvalue weighted by atomic mass is 16.7. The number of hydrogen-bond acceptors (Lipinski definition) is 7. The van der Waals surface area contributed by atoms with E-state index < -0.39 is 17.8 Å². The predicted octanol–water partition coefficient (Wildman–Crippen LogP) is 2.30. The van der Waals surface area contributed by atoms with Crippen molar-refractivity contribution in [2.24, 2.45) is 5.73 Å². The van der Waals surface area contributed by atoms with Crippen LogP contribution in [-0.4, -0.2) is 36.7 Å². The van der Waals surface area contributed by atoms with Crippen molar-refractivity contribution in [2.75, 3.05) is 19.5 Å². The summed E-state index contributed by atoms with van der Waals surface area (Å²) in [5, 5.41) is 4.40. The summed E-state index contributed by atoms with van der Waals surface area (Å²) in [5.74, 6) is -1.16. The summed E-state index contributed by atoms with van der Waals surface area (Å²) < 4.78 is 22.9. The molecule has 0 aliphatic heterocycles. The smallest absolute Gasteiger partial charge is 0.248 e. The topological polar surface area (TPSA) is 123 Å². The number of primary amides is 1. The number of amides is 1. The summed E-state index contributed by atoms with van der Waals surface area (Å²) in [4.78, 5) is 12.0. The molecule has 0 saturated heterocycles. The van der Waals surface area contributed by atoms with Crippen LogP contribution in [0.3, 0.4) is 0 Å². The van der Waals surface area contributed by atoms with E-state index >= 15 is 0 Å². The third-order valence-corrected chi connectivity index (χ3v) is 4.41. The van der Waals surface area contributed by atoms with Crippen molar-refractivity contribution in [2.45, 2.75) is 31.7 Å². The Morgan fingerprint density at radius 1 is 1.41 bits per heavy atom. The second-order valence-electron chi connectivity index (χ2n) is 6.20. The molecule has 2 atom stereocenters. The van der Waals surface area contributed by atoms with Gasteiger partial charge in [-0.2, -0.15) is 0 Å². The van der Waals surface area contributed by atoms with Gasteiger partial charge in [0.15, 0.2) is 17.5 Å². The van der Waals surface area contributed by atoms with Gasteiger partial charge in [-0.3, -0.25) is 4.79 Å². The lowest BCUT2D eigenvalue weighted by atomic mass is 9.94. The monoisotopic (exact) mass is 373 g/mol. The maximum atomic E-state index is 12.0. The van der Waals surface area contributed by atoms with E-state index in [-0.39, 0.29) is 5.57 Å². The van der Waals surface area contributed by atoms with E-state index in [9.17, 15) is 4.79 Å². The lowest BCUT2D eigenvalue weighted by Gasteiger charge is -2.38. The first-order chi connectivity index (χ1) is 13.0. The fourth-order valence-electron chi connectivity index (χ4n) is 2.91. The number of hydrogen-bond donors (Lipinski definition) is 2. The van der Waals surface area contributed by atoms with E-state index in [0.29, 0.717) is 29.1 Å². The standard InChI is InChI=1S/C19H23N3O5/c1-3-4-10-25-19(24-2)9-5-6-14(18(21)23)16(19)26-12-7-8-13-15(11-12)27-22-17(13)20/h5-9,11,16H,3-4,10H2,1-2H3,(H2,20,22)(H2,21,23). The molecule has 4 N–H and O–H groups in total. The molecule has 0 bridgehead atoms. The fourth-order valence-corrected chi connectivity index (χ4v) is 2.91. The van der Waals surface area contributed by atoms with Crippen LogP contribution < -0.4 is 16.2 Å². The van der Waals surface area contributed by atoms with E-state index in [2.05, 4.69) is 12.1 Å². The molecular weight excluding hydrogens is 350 g/mol. The summed E-state index contributed by atoms with van der Waals surface area (Å²) in [6.07, 6.45) is 5.89. The molecule has 2 unspecified atom stereocenters. The molecule has 144 valence electrons. The van der Waals surface area contributed by atoms with Crippen molar-refractivity contribution in [3.05, 3.63) is 42.0 Å². The number of unbranched alkanes of at least 4 members (excludes halogenated alkanes) is 1. The predicted molar refractivity (Wildman–Crippen MR) is 99.9 cm³/mol. The van der Waals surface area contributed by atoms with Crippen LogP contribution in [0.15, 0.2) is 46.5 Å². The largest absolute Gasteiger partial charge is 0.479 e. The lowest BCUT2D eigenvalue weighted by Crippen LogP contribution is -2.52. The molecule has 1 aromatic heterocycles. The zero-order valence-electron chi connectivity index (χ0n) is 15.3. The molecule has 0 saturated carbocycles. The zero-order chi connectivity index (χ0) is 19.4. The molecule has 2 aromatic rings. The summed E-state index contributed by atoms with van der Waals surface area (Å²) >= 11 is 0. The van der Waals surface area contributed by atoms with Gasteiger partial charge in [-0.05, 0) is 30.7 Å². The van der Waals surface area contributed by atoms with E-state index in [0.717, 1.165) is 12.8 Å². The van der Waals surface area contributed by atoms with Crippen molar-refractivity contribution in [1.29, 1.82) is 0 Å². The van der Waals surface area contributed by atoms with Crippen molar-refractivity contribution in [3.8, 4) is 5.75 Å². The van der Waals surface area contributed by atoms with Crippen LogP contribution in [-0.2, 0) is 14.3 Å². The summed E-state index contributed by atoms with van der Waals surface area (Å²) in [7, 11) is 1.50. The van der Waals surface area contributed by atoms with Crippen molar-refractivity contribution < 1.29 is 23.5 Å². The normalized spacial score (nSPS) is 22.0. The Morgan fingerprint density at radius 3 is 2.93 bits per heavy atom. The van der Waals surface area contributed by atoms with Crippen molar-refractivity contribution in [3.63, 3.8) is 0 Å². The van der Waals surface area contributed by atoms with Crippen LogP contribution in [0.5, 0.6) is 5.75 Å². The first-order valence-corrected chi connectivity index (χ1v) is 8.70. The molecule has 8 heteroatoms. The molecule has 1 aliphatic carbocycles. The summed E-state index contributed by atoms with van der Waals surface area (Å²) in [6, 6.07) is 5.08. The van der Waals surface area contributed by atoms with E-state index in [1.165, 1.54) is 7.11 Å². The van der Waals surface area contributed by atoms with Crippen LogP contribution >= 0.6 is 0 Å². The van der Waals surface area contributed by atoms with Gasteiger partial charge in [0, 0.05) is 13.2 Å². The van der Waals surface area contributed by atoms with Crippen LogP contribution in [0.25, 0.3) is 11.0 Å². The minimum absolute atomic E-state index is 0.244. The van der Waals surface area contributed by atoms with Crippen molar-refractivity contribution in [1.82, 2.24) is 5.16 Å². The fraction of sp³-hybridized carbons (Fsp3) is 0.368. The highest BCUT2D eigenvalue weighted by Gasteiger charge is 2.45. The molecule has 0 fully saturated rings. The van der Waals surface area contributed by atoms with Gasteiger partial charge in [0.05, 0.1) is 17.6 Å². The molecule has 1 amide bonds. The lowest BCUT2D eigenvalue weighted by molar-refractivity contribution is -0.226. The Kier molecular flexibility index (Phi) is 5.48. The minimum atomic E-state index is -1.27. The number of carbonyl (C=O) groups is 1. The van der Waals surface area contributed by atoms with E-state index in [1.54, 1.807) is 36.4 Å². The summed E-state index contributed by atoms with van der Waals surface area (Å²) in [5.41, 5.74) is 12.0. The average molecular weight is 373 g/mol. The number of rotatable bonds is 8. The molecular formula is C19H23N3O5. The third-order valence-electron chi connectivity index (χ3n) is 4.41. The SMILES string of the molecule is CCCCOC1(OC)C=CC=C(C(N)=O)C1Oc1ccc2c(N)noc2c1. The molecule has 1 aromatic carbocycles. The first-order valence-electron chi connectivity index (χ1n) is 8.70. The number of nitrogen functional groups attached to an aromatic ring is 1. The van der Waals surface area contributed by atoms with Gasteiger partial charge in [0.1, 0.15) is 5.75 Å². The van der Waals surface area contributed by atoms with Gasteiger partial charge in [0.25, 0.3) is 0 Å². The number of benzene rings is 1. The number of allylic oxidation sites excluding steroid dienone is 2. The van der Waals surface area contributed by atoms with Gasteiger partial charge >= 0.3 is 0 Å². The van der Waals surface area contributed by atoms with Gasteiger partial charge in [0.2, 0.25) is 11.7 Å². The van der Waals surface area contributed by atoms with E-state index in [1.807, 2.05) is 0 Å². The van der Waals surface area contributed by atoms with Crippen LogP contribution in [0, 0.1) is 0 Å². The molecule has 1 aliphatic rings. The molecule has 0 spiro atoms.